The largest absolute Gasteiger partial charge is 0.489 e. The van der Waals surface area contributed by atoms with E-state index in [4.69, 9.17) is 4.74 Å². The lowest BCUT2D eigenvalue weighted by Gasteiger charge is -2.18. The van der Waals surface area contributed by atoms with Crippen LogP contribution in [0.25, 0.3) is 0 Å². The maximum absolute atomic E-state index is 10.7. The number of aliphatic hydroxyl groups is 2. The van der Waals surface area contributed by atoms with E-state index in [1.54, 1.807) is 0 Å². The molecule has 2 aromatic rings. The molecule has 0 saturated heterocycles. The number of hydrogen-bond acceptors (Lipinski definition) is 4. The maximum Gasteiger partial charge on any atom is 0.126 e. The van der Waals surface area contributed by atoms with Crippen LogP contribution in [-0.4, -0.2) is 35.1 Å². The third-order valence-corrected chi connectivity index (χ3v) is 7.37. The van der Waals surface area contributed by atoms with Crippen molar-refractivity contribution in [1.29, 1.82) is 0 Å². The zero-order chi connectivity index (χ0) is 23.8. The summed E-state index contributed by atoms with van der Waals surface area (Å²) in [5.74, 6) is 1.23. The number of aryl methyl sites for hydroxylation is 1. The van der Waals surface area contributed by atoms with Gasteiger partial charge in [0, 0.05) is 30.4 Å². The lowest BCUT2D eigenvalue weighted by molar-refractivity contribution is 0.135. The van der Waals surface area contributed by atoms with Crippen molar-refractivity contribution in [2.45, 2.75) is 89.1 Å². The highest BCUT2D eigenvalue weighted by atomic mass is 16.5. The number of unbranched alkanes of at least 4 members (excludes halogenated alkanes) is 3. The molecule has 1 heterocycles. The molecule has 4 rings (SSSR count). The van der Waals surface area contributed by atoms with Crippen molar-refractivity contribution < 1.29 is 14.9 Å². The predicted octanol–water partition coefficient (Wildman–Crippen LogP) is 5.52. The molecule has 1 aliphatic heterocycles. The van der Waals surface area contributed by atoms with Crippen LogP contribution in [0.5, 0.6) is 5.75 Å². The van der Waals surface area contributed by atoms with Crippen molar-refractivity contribution in [2.75, 3.05) is 6.54 Å². The normalized spacial score (nSPS) is 24.2. The molecule has 34 heavy (non-hydrogen) atoms. The Hall–Kier alpha value is -2.14. The van der Waals surface area contributed by atoms with Crippen molar-refractivity contribution in [1.82, 2.24) is 5.32 Å². The van der Waals surface area contributed by atoms with Gasteiger partial charge < -0.3 is 20.3 Å². The van der Waals surface area contributed by atoms with Gasteiger partial charge >= 0.3 is 0 Å². The van der Waals surface area contributed by atoms with E-state index in [1.165, 1.54) is 16.7 Å². The molecular weight excluding hydrogens is 422 g/mol. The minimum atomic E-state index is -0.429. The summed E-state index contributed by atoms with van der Waals surface area (Å²) in [6.07, 6.45) is 11.2. The summed E-state index contributed by atoms with van der Waals surface area (Å²) in [4.78, 5) is 0. The van der Waals surface area contributed by atoms with Gasteiger partial charge in [-0.15, -0.1) is 0 Å². The van der Waals surface area contributed by atoms with E-state index in [-0.39, 0.29) is 17.9 Å². The molecule has 0 amide bonds. The molecule has 2 aromatic carbocycles. The molecule has 0 bridgehead atoms. The number of fused-ring (bicyclic) bond motifs is 3. The third-order valence-electron chi connectivity index (χ3n) is 7.37. The van der Waals surface area contributed by atoms with Gasteiger partial charge in [-0.25, -0.2) is 0 Å². The summed E-state index contributed by atoms with van der Waals surface area (Å²) in [6.45, 7) is 4.10. The molecular formula is C30H41NO3. The number of para-hydroxylation sites is 1. The van der Waals surface area contributed by atoms with Gasteiger partial charge in [-0.1, -0.05) is 86.9 Å². The third kappa shape index (κ3) is 6.29. The van der Waals surface area contributed by atoms with E-state index < -0.39 is 12.2 Å². The first-order valence-corrected chi connectivity index (χ1v) is 13.2. The minimum absolute atomic E-state index is 0.00418. The Morgan fingerprint density at radius 3 is 2.74 bits per heavy atom. The Morgan fingerprint density at radius 2 is 1.91 bits per heavy atom. The Bertz CT molecular complexity index is 913. The molecule has 4 heteroatoms. The van der Waals surface area contributed by atoms with E-state index in [0.717, 1.165) is 63.8 Å². The molecule has 3 N–H and O–H groups in total. The Balaban J connectivity index is 1.30. The van der Waals surface area contributed by atoms with E-state index in [0.29, 0.717) is 6.42 Å². The van der Waals surface area contributed by atoms with Gasteiger partial charge in [0.05, 0.1) is 12.2 Å². The van der Waals surface area contributed by atoms with Crippen LogP contribution in [0.1, 0.15) is 74.5 Å². The van der Waals surface area contributed by atoms with Gasteiger partial charge in [0.15, 0.2) is 0 Å². The highest BCUT2D eigenvalue weighted by Crippen LogP contribution is 2.52. The Labute approximate surface area is 205 Å². The fourth-order valence-electron chi connectivity index (χ4n) is 5.52. The second-order valence-electron chi connectivity index (χ2n) is 9.97. The van der Waals surface area contributed by atoms with Crippen molar-refractivity contribution >= 4 is 0 Å². The van der Waals surface area contributed by atoms with Gasteiger partial charge in [0.25, 0.3) is 0 Å². The van der Waals surface area contributed by atoms with Gasteiger partial charge in [0.2, 0.25) is 0 Å². The summed E-state index contributed by atoms with van der Waals surface area (Å²) in [5, 5.41) is 24.6. The van der Waals surface area contributed by atoms with Gasteiger partial charge in [-0.3, -0.25) is 0 Å². The van der Waals surface area contributed by atoms with Crippen molar-refractivity contribution in [3.8, 4) is 5.75 Å². The van der Waals surface area contributed by atoms with Crippen LogP contribution in [0, 0.1) is 5.92 Å². The smallest absolute Gasteiger partial charge is 0.126 e. The number of rotatable bonds is 13. The molecule has 184 valence electrons. The minimum Gasteiger partial charge on any atom is -0.489 e. The second-order valence-corrected chi connectivity index (χ2v) is 9.97. The quantitative estimate of drug-likeness (QED) is 0.270. The van der Waals surface area contributed by atoms with Crippen LogP contribution in [0.2, 0.25) is 0 Å². The lowest BCUT2D eigenvalue weighted by Crippen LogP contribution is -2.17. The maximum atomic E-state index is 10.7. The second kappa shape index (κ2) is 12.5. The zero-order valence-corrected chi connectivity index (χ0v) is 20.5. The van der Waals surface area contributed by atoms with Gasteiger partial charge in [-0.2, -0.15) is 0 Å². The molecule has 1 aliphatic carbocycles. The van der Waals surface area contributed by atoms with Crippen LogP contribution in [0.4, 0.5) is 0 Å². The highest BCUT2D eigenvalue weighted by molar-refractivity contribution is 5.49. The predicted molar refractivity (Wildman–Crippen MR) is 138 cm³/mol. The summed E-state index contributed by atoms with van der Waals surface area (Å²) >= 11 is 0. The summed E-state index contributed by atoms with van der Waals surface area (Å²) < 4.78 is 6.41. The Morgan fingerprint density at radius 1 is 1.06 bits per heavy atom. The van der Waals surface area contributed by atoms with Crippen molar-refractivity contribution in [3.05, 3.63) is 77.4 Å². The van der Waals surface area contributed by atoms with Crippen LogP contribution >= 0.6 is 0 Å². The number of benzene rings is 2. The highest BCUT2D eigenvalue weighted by Gasteiger charge is 2.48. The first-order valence-electron chi connectivity index (χ1n) is 13.2. The average molecular weight is 464 g/mol. The summed E-state index contributed by atoms with van der Waals surface area (Å²) in [5.41, 5.74) is 3.84. The van der Waals surface area contributed by atoms with Crippen molar-refractivity contribution in [2.24, 2.45) is 5.92 Å². The molecule has 0 aromatic heterocycles. The monoisotopic (exact) mass is 463 g/mol. The standard InChI is InChI=1S/C30H41NO3/c1-2-3-5-15-24(32)17-18-25-27(33)20-28-29(25)26-16-10-14-23(30(26)34-28)13-8-9-19-31-21-22-11-6-4-7-12-22/h4,6-7,10-12,14,16-18,24-25,27-29,31-33H,2-3,5,8-9,13,15,19-21H2,1H3/t24-,25-,27+,28-,29-/m0/s1. The van der Waals surface area contributed by atoms with Gasteiger partial charge in [-0.05, 0) is 43.4 Å². The van der Waals surface area contributed by atoms with E-state index in [9.17, 15) is 10.2 Å². The molecule has 4 nitrogen and oxygen atoms in total. The van der Waals surface area contributed by atoms with E-state index in [2.05, 4.69) is 66.8 Å². The molecule has 0 unspecified atom stereocenters. The van der Waals surface area contributed by atoms with Crippen LogP contribution < -0.4 is 10.1 Å². The van der Waals surface area contributed by atoms with Gasteiger partial charge in [0.1, 0.15) is 11.9 Å². The molecule has 1 fully saturated rings. The summed E-state index contributed by atoms with van der Waals surface area (Å²) in [6, 6.07) is 17.0. The number of hydrogen-bond donors (Lipinski definition) is 3. The van der Waals surface area contributed by atoms with Crippen LogP contribution in [0.3, 0.4) is 0 Å². The topological polar surface area (TPSA) is 61.7 Å². The average Bonchev–Trinajstić information content (AvgIpc) is 3.35. The number of aliphatic hydroxyl groups excluding tert-OH is 2. The SMILES string of the molecule is CCCCC[C@H](O)C=C[C@@H]1[C@H]2c3cccc(CCCCNCc4ccccc4)c3O[C@H]2C[C@H]1O. The van der Waals surface area contributed by atoms with E-state index >= 15 is 0 Å². The Kier molecular flexibility index (Phi) is 9.20. The first-order chi connectivity index (χ1) is 16.7. The molecule has 0 radical (unpaired) electrons. The van der Waals surface area contributed by atoms with E-state index in [1.807, 2.05) is 6.08 Å². The fraction of sp³-hybridized carbons (Fsp3) is 0.533. The van der Waals surface area contributed by atoms with Crippen LogP contribution in [0.15, 0.2) is 60.7 Å². The number of nitrogens with one attached hydrogen (secondary N) is 1. The lowest BCUT2D eigenvalue weighted by atomic mass is 9.86. The molecule has 0 spiro atoms. The van der Waals surface area contributed by atoms with Crippen LogP contribution in [-0.2, 0) is 13.0 Å². The zero-order valence-electron chi connectivity index (χ0n) is 20.5. The summed E-state index contributed by atoms with van der Waals surface area (Å²) in [7, 11) is 0. The number of ether oxygens (including phenoxy) is 1. The fourth-order valence-corrected chi connectivity index (χ4v) is 5.52. The first kappa shape index (κ1) is 25.0. The molecule has 5 atom stereocenters. The van der Waals surface area contributed by atoms with Crippen molar-refractivity contribution in [3.63, 3.8) is 0 Å². The molecule has 2 aliphatic rings. The molecule has 1 saturated carbocycles.